The molecule has 1 aliphatic heterocycles. The van der Waals surface area contributed by atoms with Crippen molar-refractivity contribution in [1.82, 2.24) is 4.31 Å². The van der Waals surface area contributed by atoms with Crippen molar-refractivity contribution in [3.8, 4) is 11.8 Å². The van der Waals surface area contributed by atoms with Gasteiger partial charge in [0.25, 0.3) is 0 Å². The number of benzene rings is 1. The Morgan fingerprint density at radius 1 is 1.33 bits per heavy atom. The van der Waals surface area contributed by atoms with Crippen LogP contribution in [0.15, 0.2) is 29.2 Å². The van der Waals surface area contributed by atoms with Gasteiger partial charge in [-0.05, 0) is 30.4 Å². The van der Waals surface area contributed by atoms with Gasteiger partial charge in [0.05, 0.1) is 11.4 Å². The van der Waals surface area contributed by atoms with E-state index in [1.54, 1.807) is 28.6 Å². The highest BCUT2D eigenvalue weighted by molar-refractivity contribution is 7.89. The maximum atomic E-state index is 12.9. The quantitative estimate of drug-likeness (QED) is 0.848. The van der Waals surface area contributed by atoms with Crippen LogP contribution in [-0.4, -0.2) is 32.4 Å². The number of piperidine rings is 1. The van der Waals surface area contributed by atoms with Crippen molar-refractivity contribution in [2.45, 2.75) is 31.6 Å². The monoisotopic (exact) mass is 306 g/mol. The maximum absolute atomic E-state index is 12.9. The van der Waals surface area contributed by atoms with Crippen LogP contribution in [0.3, 0.4) is 0 Å². The van der Waals surface area contributed by atoms with Gasteiger partial charge in [-0.15, -0.1) is 0 Å². The van der Waals surface area contributed by atoms with Crippen molar-refractivity contribution in [1.29, 1.82) is 0 Å². The molecule has 1 saturated heterocycles. The summed E-state index contributed by atoms with van der Waals surface area (Å²) in [7, 11) is -3.50. The minimum atomic E-state index is -3.50. The van der Waals surface area contributed by atoms with Crippen LogP contribution in [0.2, 0.25) is 0 Å². The second-order valence-corrected chi connectivity index (χ2v) is 8.01. The summed E-state index contributed by atoms with van der Waals surface area (Å²) in [6, 6.07) is 6.87. The molecular weight excluding hydrogens is 284 g/mol. The smallest absolute Gasteiger partial charge is 0.244 e. The molecule has 0 aromatic heterocycles. The predicted octanol–water partition coefficient (Wildman–Crippen LogP) is 1.81. The van der Waals surface area contributed by atoms with Gasteiger partial charge >= 0.3 is 0 Å². The van der Waals surface area contributed by atoms with E-state index in [2.05, 4.69) is 25.7 Å². The summed E-state index contributed by atoms with van der Waals surface area (Å²) in [5, 5.41) is 0. The Morgan fingerprint density at radius 3 is 2.71 bits per heavy atom. The summed E-state index contributed by atoms with van der Waals surface area (Å²) in [6.45, 7) is 5.55. The van der Waals surface area contributed by atoms with Crippen LogP contribution >= 0.6 is 0 Å². The molecule has 0 saturated carbocycles. The zero-order valence-electron chi connectivity index (χ0n) is 12.6. The van der Waals surface area contributed by atoms with Gasteiger partial charge in [-0.25, -0.2) is 8.42 Å². The number of sulfonamides is 1. The molecule has 2 N–H and O–H groups in total. The highest BCUT2D eigenvalue weighted by Crippen LogP contribution is 2.32. The van der Waals surface area contributed by atoms with Crippen LogP contribution in [-0.2, 0) is 10.0 Å². The molecule has 5 heteroatoms. The van der Waals surface area contributed by atoms with Crippen molar-refractivity contribution >= 4 is 10.0 Å². The van der Waals surface area contributed by atoms with Gasteiger partial charge in [-0.3, -0.25) is 0 Å². The molecular formula is C16H22N2O2S. The summed E-state index contributed by atoms with van der Waals surface area (Å²) >= 11 is 0. The Balaban J connectivity index is 2.40. The van der Waals surface area contributed by atoms with E-state index in [0.717, 1.165) is 12.8 Å². The molecule has 0 radical (unpaired) electrons. The lowest BCUT2D eigenvalue weighted by Crippen LogP contribution is -2.43. The first kappa shape index (κ1) is 16.0. The highest BCUT2D eigenvalue weighted by Gasteiger charge is 2.34. The number of nitrogens with zero attached hydrogens (tertiary/aromatic N) is 1. The second-order valence-electron chi connectivity index (χ2n) is 6.11. The molecule has 0 bridgehead atoms. The van der Waals surface area contributed by atoms with E-state index in [4.69, 9.17) is 5.73 Å². The third-order valence-electron chi connectivity index (χ3n) is 3.70. The third-order valence-corrected chi connectivity index (χ3v) is 5.60. The predicted molar refractivity (Wildman–Crippen MR) is 84.1 cm³/mol. The summed E-state index contributed by atoms with van der Waals surface area (Å²) in [5.74, 6) is 5.59. The zero-order valence-corrected chi connectivity index (χ0v) is 13.4. The Hall–Kier alpha value is -1.35. The van der Waals surface area contributed by atoms with Crippen LogP contribution in [0.1, 0.15) is 32.3 Å². The van der Waals surface area contributed by atoms with E-state index < -0.39 is 10.0 Å². The average molecular weight is 306 g/mol. The van der Waals surface area contributed by atoms with Crippen molar-refractivity contribution in [3.63, 3.8) is 0 Å². The lowest BCUT2D eigenvalue weighted by molar-refractivity contribution is 0.187. The van der Waals surface area contributed by atoms with E-state index in [1.165, 1.54) is 0 Å². The highest BCUT2D eigenvalue weighted by atomic mass is 32.2. The normalized spacial score (nSPS) is 18.8. The van der Waals surface area contributed by atoms with E-state index >= 15 is 0 Å². The molecule has 4 nitrogen and oxygen atoms in total. The average Bonchev–Trinajstić information content (AvgIpc) is 2.44. The van der Waals surface area contributed by atoms with E-state index in [0.29, 0.717) is 18.7 Å². The van der Waals surface area contributed by atoms with Crippen molar-refractivity contribution < 1.29 is 8.42 Å². The molecule has 1 aromatic carbocycles. The maximum Gasteiger partial charge on any atom is 0.244 e. The molecule has 1 aliphatic rings. The Morgan fingerprint density at radius 2 is 2.05 bits per heavy atom. The summed E-state index contributed by atoms with van der Waals surface area (Å²) in [4.78, 5) is 0.281. The van der Waals surface area contributed by atoms with Crippen LogP contribution in [0.5, 0.6) is 0 Å². The van der Waals surface area contributed by atoms with E-state index in [9.17, 15) is 8.42 Å². The minimum Gasteiger partial charge on any atom is -0.320 e. The van der Waals surface area contributed by atoms with Gasteiger partial charge in [0.1, 0.15) is 0 Å². The van der Waals surface area contributed by atoms with Crippen LogP contribution in [0.25, 0.3) is 0 Å². The van der Waals surface area contributed by atoms with Crippen molar-refractivity contribution in [2.75, 3.05) is 19.6 Å². The Bertz CT molecular complexity index is 669. The molecule has 0 spiro atoms. The minimum absolute atomic E-state index is 0.0171. The second kappa shape index (κ2) is 6.18. The summed E-state index contributed by atoms with van der Waals surface area (Å²) in [6.07, 6.45) is 1.94. The Labute approximate surface area is 127 Å². The van der Waals surface area contributed by atoms with Crippen LogP contribution in [0, 0.1) is 17.3 Å². The fraction of sp³-hybridized carbons (Fsp3) is 0.500. The molecule has 0 atom stereocenters. The summed E-state index contributed by atoms with van der Waals surface area (Å²) < 4.78 is 27.4. The lowest BCUT2D eigenvalue weighted by Gasteiger charge is -2.37. The number of nitrogens with two attached hydrogens (primary N) is 1. The largest absolute Gasteiger partial charge is 0.320 e. The number of hydrogen-bond acceptors (Lipinski definition) is 3. The fourth-order valence-corrected chi connectivity index (χ4v) is 4.47. The molecule has 21 heavy (non-hydrogen) atoms. The first-order valence-electron chi connectivity index (χ1n) is 7.15. The van der Waals surface area contributed by atoms with E-state index in [1.807, 2.05) is 0 Å². The van der Waals surface area contributed by atoms with Gasteiger partial charge in [0.2, 0.25) is 10.0 Å². The first-order chi connectivity index (χ1) is 9.87. The van der Waals surface area contributed by atoms with Crippen molar-refractivity contribution in [2.24, 2.45) is 11.1 Å². The van der Waals surface area contributed by atoms with Crippen LogP contribution < -0.4 is 5.73 Å². The summed E-state index contributed by atoms with van der Waals surface area (Å²) in [5.41, 5.74) is 5.92. The lowest BCUT2D eigenvalue weighted by atomic mass is 9.85. The van der Waals surface area contributed by atoms with Gasteiger partial charge in [-0.2, -0.15) is 4.31 Å². The topological polar surface area (TPSA) is 63.4 Å². The zero-order chi connectivity index (χ0) is 15.5. The molecule has 0 unspecified atom stereocenters. The molecule has 1 fully saturated rings. The fourth-order valence-electron chi connectivity index (χ4n) is 2.65. The SMILES string of the molecule is CC1(C)CCCN(S(=O)(=O)c2ccccc2C#CCN)C1. The number of rotatable bonds is 2. The Kier molecular flexibility index (Phi) is 4.72. The van der Waals surface area contributed by atoms with Gasteiger partial charge in [-0.1, -0.05) is 37.8 Å². The molecule has 1 aromatic rings. The number of hydrogen-bond donors (Lipinski definition) is 1. The molecule has 2 rings (SSSR count). The van der Waals surface area contributed by atoms with Gasteiger partial charge < -0.3 is 5.73 Å². The van der Waals surface area contributed by atoms with E-state index in [-0.39, 0.29) is 16.9 Å². The first-order valence-corrected chi connectivity index (χ1v) is 8.59. The molecule has 0 amide bonds. The standard InChI is InChI=1S/C16H22N2O2S/c1-16(2)10-6-12-18(13-16)21(19,20)15-9-4-3-7-14(15)8-5-11-17/h3-4,7,9H,6,10-13,17H2,1-2H3. The molecule has 0 aliphatic carbocycles. The van der Waals surface area contributed by atoms with Gasteiger partial charge in [0.15, 0.2) is 0 Å². The van der Waals surface area contributed by atoms with Gasteiger partial charge in [0, 0.05) is 18.7 Å². The molecule has 1 heterocycles. The van der Waals surface area contributed by atoms with Crippen LogP contribution in [0.4, 0.5) is 0 Å². The van der Waals surface area contributed by atoms with Crippen molar-refractivity contribution in [3.05, 3.63) is 29.8 Å². The molecule has 114 valence electrons. The third kappa shape index (κ3) is 3.65.